The lowest BCUT2D eigenvalue weighted by Crippen LogP contribution is -2.28. The molecule has 0 saturated heterocycles. The summed E-state index contributed by atoms with van der Waals surface area (Å²) in [6.07, 6.45) is 7.42. The molecule has 1 N–H and O–H groups in total. The summed E-state index contributed by atoms with van der Waals surface area (Å²) in [7, 11) is 2.02. The number of hydrogen-bond acceptors (Lipinski definition) is 2. The summed E-state index contributed by atoms with van der Waals surface area (Å²) in [6, 6.07) is 0.411. The van der Waals surface area contributed by atoms with Crippen LogP contribution in [0.15, 0.2) is 6.20 Å². The Morgan fingerprint density at radius 1 is 1.40 bits per heavy atom. The smallest absolute Gasteiger partial charge is 0.0834 e. The molecular formula is C16H24ClN3. The van der Waals surface area contributed by atoms with Gasteiger partial charge in [-0.3, -0.25) is 4.68 Å². The van der Waals surface area contributed by atoms with Crippen LogP contribution in [-0.4, -0.2) is 16.3 Å². The van der Waals surface area contributed by atoms with Gasteiger partial charge in [0.25, 0.3) is 0 Å². The van der Waals surface area contributed by atoms with E-state index in [1.807, 2.05) is 11.7 Å². The van der Waals surface area contributed by atoms with E-state index in [1.165, 1.54) is 31.4 Å². The van der Waals surface area contributed by atoms with Crippen molar-refractivity contribution in [3.8, 4) is 0 Å². The van der Waals surface area contributed by atoms with Gasteiger partial charge < -0.3 is 5.32 Å². The molecule has 110 valence electrons. The first-order valence-corrected chi connectivity index (χ1v) is 8.51. The Hall–Kier alpha value is -0.540. The molecule has 0 aliphatic heterocycles. The number of aryl methyl sites for hydroxylation is 1. The van der Waals surface area contributed by atoms with Crippen molar-refractivity contribution < 1.29 is 0 Å². The van der Waals surface area contributed by atoms with E-state index < -0.39 is 0 Å². The molecule has 3 aliphatic carbocycles. The van der Waals surface area contributed by atoms with Crippen molar-refractivity contribution in [3.05, 3.63) is 16.9 Å². The van der Waals surface area contributed by atoms with Gasteiger partial charge in [0.05, 0.1) is 23.0 Å². The number of halogens is 1. The first-order valence-electron chi connectivity index (χ1n) is 8.13. The molecule has 2 bridgehead atoms. The molecular weight excluding hydrogens is 270 g/mol. The largest absolute Gasteiger partial charge is 0.308 e. The van der Waals surface area contributed by atoms with E-state index in [-0.39, 0.29) is 0 Å². The number of aromatic nitrogens is 2. The van der Waals surface area contributed by atoms with Gasteiger partial charge in [0, 0.05) is 7.05 Å². The standard InChI is InChI=1S/C16H24ClN3/c1-3-6-18-15(16-11(17)8-19-20(16)2)14-12-9-4-5-10(7-9)13(12)14/h8-10,12-15,18H,3-7H2,1-2H3. The van der Waals surface area contributed by atoms with Crippen LogP contribution in [0.1, 0.15) is 44.3 Å². The Morgan fingerprint density at radius 2 is 2.10 bits per heavy atom. The predicted octanol–water partition coefficient (Wildman–Crippen LogP) is 3.41. The number of nitrogens with one attached hydrogen (secondary N) is 1. The summed E-state index contributed by atoms with van der Waals surface area (Å²) in [4.78, 5) is 0. The van der Waals surface area contributed by atoms with Gasteiger partial charge in [-0.15, -0.1) is 0 Å². The van der Waals surface area contributed by atoms with Crippen LogP contribution < -0.4 is 5.32 Å². The van der Waals surface area contributed by atoms with Crippen LogP contribution in [0.4, 0.5) is 0 Å². The molecule has 3 aliphatic rings. The maximum absolute atomic E-state index is 6.41. The van der Waals surface area contributed by atoms with Gasteiger partial charge in [0.1, 0.15) is 0 Å². The highest BCUT2D eigenvalue weighted by Crippen LogP contribution is 2.72. The Labute approximate surface area is 126 Å². The summed E-state index contributed by atoms with van der Waals surface area (Å²) in [5.41, 5.74) is 1.21. The van der Waals surface area contributed by atoms with E-state index in [1.54, 1.807) is 6.20 Å². The summed E-state index contributed by atoms with van der Waals surface area (Å²) in [6.45, 7) is 3.30. The minimum Gasteiger partial charge on any atom is -0.308 e. The molecule has 5 atom stereocenters. The van der Waals surface area contributed by atoms with E-state index >= 15 is 0 Å². The summed E-state index contributed by atoms with van der Waals surface area (Å²) >= 11 is 6.41. The van der Waals surface area contributed by atoms with E-state index in [0.29, 0.717) is 6.04 Å². The SMILES string of the molecule is CCCNC(c1c(Cl)cnn1C)C1C2C3CCC(C3)C21. The molecule has 1 aromatic heterocycles. The lowest BCUT2D eigenvalue weighted by molar-refractivity contribution is 0.357. The summed E-state index contributed by atoms with van der Waals surface area (Å²) < 4.78 is 1.98. The fraction of sp³-hybridized carbons (Fsp3) is 0.812. The Kier molecular flexibility index (Phi) is 3.11. The molecule has 20 heavy (non-hydrogen) atoms. The second kappa shape index (κ2) is 4.74. The lowest BCUT2D eigenvalue weighted by atomic mass is 9.95. The van der Waals surface area contributed by atoms with Crippen molar-refractivity contribution in [2.24, 2.45) is 36.6 Å². The number of rotatable bonds is 5. The molecule has 4 heteroatoms. The van der Waals surface area contributed by atoms with Gasteiger partial charge in [-0.05, 0) is 61.8 Å². The third-order valence-corrected chi connectivity index (χ3v) is 6.32. The van der Waals surface area contributed by atoms with E-state index in [9.17, 15) is 0 Å². The molecule has 0 amide bonds. The predicted molar refractivity (Wildman–Crippen MR) is 80.6 cm³/mol. The molecule has 3 fully saturated rings. The average Bonchev–Trinajstić information content (AvgIpc) is 2.73. The number of nitrogens with zero attached hydrogens (tertiary/aromatic N) is 2. The van der Waals surface area contributed by atoms with Gasteiger partial charge in [-0.1, -0.05) is 18.5 Å². The molecule has 3 saturated carbocycles. The molecule has 1 heterocycles. The van der Waals surface area contributed by atoms with Crippen LogP contribution in [0.2, 0.25) is 5.02 Å². The van der Waals surface area contributed by atoms with Crippen molar-refractivity contribution in [3.63, 3.8) is 0 Å². The third-order valence-electron chi connectivity index (χ3n) is 6.03. The van der Waals surface area contributed by atoms with Gasteiger partial charge in [0.2, 0.25) is 0 Å². The highest BCUT2D eigenvalue weighted by Gasteiger charge is 2.67. The Balaban J connectivity index is 1.61. The first kappa shape index (κ1) is 13.1. The normalized spacial score (nSPS) is 39.0. The van der Waals surface area contributed by atoms with Gasteiger partial charge in [0.15, 0.2) is 0 Å². The minimum absolute atomic E-state index is 0.411. The van der Waals surface area contributed by atoms with Gasteiger partial charge in [-0.2, -0.15) is 5.10 Å². The van der Waals surface area contributed by atoms with Crippen LogP contribution >= 0.6 is 11.6 Å². The van der Waals surface area contributed by atoms with Crippen molar-refractivity contribution in [2.45, 2.75) is 38.6 Å². The Morgan fingerprint density at radius 3 is 2.65 bits per heavy atom. The quantitative estimate of drug-likeness (QED) is 0.902. The van der Waals surface area contributed by atoms with E-state index in [4.69, 9.17) is 11.6 Å². The number of hydrogen-bond donors (Lipinski definition) is 1. The molecule has 4 rings (SSSR count). The van der Waals surface area contributed by atoms with Crippen LogP contribution in [-0.2, 0) is 7.05 Å². The molecule has 3 nitrogen and oxygen atoms in total. The maximum Gasteiger partial charge on any atom is 0.0834 e. The highest BCUT2D eigenvalue weighted by molar-refractivity contribution is 6.31. The average molecular weight is 294 g/mol. The fourth-order valence-electron chi connectivity index (χ4n) is 5.32. The maximum atomic E-state index is 6.41. The zero-order valence-electron chi connectivity index (χ0n) is 12.3. The molecule has 0 aromatic carbocycles. The zero-order chi connectivity index (χ0) is 13.9. The van der Waals surface area contributed by atoms with Crippen LogP contribution in [0.3, 0.4) is 0 Å². The minimum atomic E-state index is 0.411. The van der Waals surface area contributed by atoms with E-state index in [2.05, 4.69) is 17.3 Å². The fourth-order valence-corrected chi connectivity index (χ4v) is 5.61. The van der Waals surface area contributed by atoms with Crippen LogP contribution in [0.25, 0.3) is 0 Å². The third kappa shape index (κ3) is 1.79. The van der Waals surface area contributed by atoms with Crippen molar-refractivity contribution in [2.75, 3.05) is 6.54 Å². The van der Waals surface area contributed by atoms with Crippen molar-refractivity contribution in [1.29, 1.82) is 0 Å². The molecule has 0 spiro atoms. The van der Waals surface area contributed by atoms with E-state index in [0.717, 1.165) is 41.2 Å². The van der Waals surface area contributed by atoms with Crippen LogP contribution in [0, 0.1) is 29.6 Å². The summed E-state index contributed by atoms with van der Waals surface area (Å²) in [5.74, 6) is 4.75. The number of fused-ring (bicyclic) bond motifs is 5. The topological polar surface area (TPSA) is 29.9 Å². The monoisotopic (exact) mass is 293 g/mol. The second-order valence-corrected chi connectivity index (χ2v) is 7.41. The Bertz CT molecular complexity index is 476. The second-order valence-electron chi connectivity index (χ2n) is 7.00. The first-order chi connectivity index (χ1) is 9.72. The van der Waals surface area contributed by atoms with Crippen LogP contribution in [0.5, 0.6) is 0 Å². The van der Waals surface area contributed by atoms with Crippen molar-refractivity contribution in [1.82, 2.24) is 15.1 Å². The molecule has 1 aromatic rings. The van der Waals surface area contributed by atoms with Crippen molar-refractivity contribution >= 4 is 11.6 Å². The molecule has 5 unspecified atom stereocenters. The highest BCUT2D eigenvalue weighted by atomic mass is 35.5. The lowest BCUT2D eigenvalue weighted by Gasteiger charge is -2.22. The van der Waals surface area contributed by atoms with Gasteiger partial charge >= 0.3 is 0 Å². The van der Waals surface area contributed by atoms with Gasteiger partial charge in [-0.25, -0.2) is 0 Å². The summed E-state index contributed by atoms with van der Waals surface area (Å²) in [5, 5.41) is 8.95. The zero-order valence-corrected chi connectivity index (χ0v) is 13.1. The molecule has 0 radical (unpaired) electrons.